The van der Waals surface area contributed by atoms with Gasteiger partial charge in [-0.1, -0.05) is 22.6 Å². The Morgan fingerprint density at radius 1 is 0.837 bits per heavy atom. The van der Waals surface area contributed by atoms with Gasteiger partial charge in [-0.2, -0.15) is 22.0 Å². The molecule has 0 aliphatic carbocycles. The molecular formula is C25H23F5IN9O3. The summed E-state index contributed by atoms with van der Waals surface area (Å²) in [6.07, 6.45) is 0.593. The molecule has 12 nitrogen and oxygen atoms in total. The first-order valence-corrected chi connectivity index (χ1v) is 13.7. The Kier molecular flexibility index (Phi) is 10.2. The fraction of sp³-hybridized carbons (Fsp3) is 0.320. The molecule has 0 fully saturated rings. The number of amides is 2. The van der Waals surface area contributed by atoms with Gasteiger partial charge in [0, 0.05) is 32.4 Å². The highest BCUT2D eigenvalue weighted by Crippen LogP contribution is 2.28. The minimum absolute atomic E-state index is 0.0132. The van der Waals surface area contributed by atoms with Gasteiger partial charge in [-0.3, -0.25) is 23.9 Å². The molecule has 3 aromatic heterocycles. The second kappa shape index (κ2) is 13.8. The Bertz CT molecular complexity index is 1560. The maximum atomic E-state index is 13.0. The van der Waals surface area contributed by atoms with Crippen LogP contribution in [0, 0.1) is 0 Å². The molecular weight excluding hydrogens is 696 g/mol. The number of hydrogen-bond acceptors (Lipinski definition) is 8. The summed E-state index contributed by atoms with van der Waals surface area (Å²) >= 11 is 0.868. The van der Waals surface area contributed by atoms with E-state index in [9.17, 15) is 31.5 Å². The maximum absolute atomic E-state index is 13.0. The first-order valence-electron chi connectivity index (χ1n) is 12.6. The van der Waals surface area contributed by atoms with Crippen LogP contribution in [0.1, 0.15) is 50.6 Å². The van der Waals surface area contributed by atoms with Gasteiger partial charge in [0.15, 0.2) is 11.4 Å². The number of rotatable bonds is 13. The molecule has 0 aliphatic heterocycles. The molecule has 0 saturated heterocycles. The van der Waals surface area contributed by atoms with Gasteiger partial charge in [-0.25, -0.2) is 0 Å². The van der Waals surface area contributed by atoms with E-state index in [1.165, 1.54) is 46.0 Å². The van der Waals surface area contributed by atoms with Crippen LogP contribution in [0.25, 0.3) is 0 Å². The Morgan fingerprint density at radius 3 is 1.93 bits per heavy atom. The Hall–Kier alpha value is -4.23. The number of nitrogens with zero attached hydrogens (tertiary/aromatic N) is 7. The molecule has 1 aromatic carbocycles. The lowest BCUT2D eigenvalue weighted by Gasteiger charge is -2.12. The van der Waals surface area contributed by atoms with Gasteiger partial charge in [-0.15, -0.1) is 10.2 Å². The summed E-state index contributed by atoms with van der Waals surface area (Å²) in [5, 5.41) is 20.6. The van der Waals surface area contributed by atoms with E-state index in [0.29, 0.717) is 31.5 Å². The summed E-state index contributed by atoms with van der Waals surface area (Å²) in [6.45, 7) is 0.792. The van der Waals surface area contributed by atoms with Crippen molar-refractivity contribution in [3.05, 3.63) is 83.2 Å². The molecule has 0 aliphatic rings. The van der Waals surface area contributed by atoms with Crippen molar-refractivity contribution in [3.8, 4) is 5.75 Å². The summed E-state index contributed by atoms with van der Waals surface area (Å²) in [4.78, 5) is 28.0. The number of carbonyl (C=O) groups is 2. The van der Waals surface area contributed by atoms with Gasteiger partial charge in [0.2, 0.25) is 0 Å². The van der Waals surface area contributed by atoms with Crippen molar-refractivity contribution in [2.75, 3.05) is 0 Å². The van der Waals surface area contributed by atoms with Crippen LogP contribution in [0.15, 0.2) is 55.0 Å². The highest BCUT2D eigenvalue weighted by atomic mass is 127. The van der Waals surface area contributed by atoms with Crippen molar-refractivity contribution < 1.29 is 36.3 Å². The van der Waals surface area contributed by atoms with Crippen LogP contribution >= 0.6 is 22.6 Å². The topological polar surface area (TPSA) is 142 Å². The third kappa shape index (κ3) is 9.93. The molecule has 43 heavy (non-hydrogen) atoms. The minimum atomic E-state index is -4.58. The van der Waals surface area contributed by atoms with Crippen molar-refractivity contribution in [2.24, 2.45) is 0 Å². The molecule has 0 saturated carbocycles. The average molecular weight is 719 g/mol. The van der Waals surface area contributed by atoms with Crippen LogP contribution < -0.4 is 15.4 Å². The number of unbranched alkanes of at least 4 members (excludes halogenated alkanes) is 1. The predicted molar refractivity (Wildman–Crippen MR) is 147 cm³/mol. The van der Waals surface area contributed by atoms with E-state index in [-0.39, 0.29) is 35.8 Å². The lowest BCUT2D eigenvalue weighted by molar-refractivity contribution is -0.141. The van der Waals surface area contributed by atoms with Crippen molar-refractivity contribution in [1.82, 2.24) is 45.6 Å². The molecule has 18 heteroatoms. The van der Waals surface area contributed by atoms with Crippen LogP contribution in [-0.2, 0) is 32.4 Å². The lowest BCUT2D eigenvalue weighted by Crippen LogP contribution is -2.23. The number of nitrogens with one attached hydrogen (secondary N) is 2. The van der Waals surface area contributed by atoms with Gasteiger partial charge in [0.1, 0.15) is 11.4 Å². The first kappa shape index (κ1) is 31.7. The van der Waals surface area contributed by atoms with Crippen molar-refractivity contribution >= 4 is 34.4 Å². The van der Waals surface area contributed by atoms with E-state index in [0.717, 1.165) is 34.9 Å². The fourth-order valence-corrected chi connectivity index (χ4v) is 3.96. The van der Waals surface area contributed by atoms with Gasteiger partial charge in [0.05, 0.1) is 35.0 Å². The SMILES string of the molecule is O=C(NCc1cccc(OC(F)(F)I)c1)c1cn(CCCCn2cc(C(=O)NCc3ccnc(C(F)(F)F)c3)nn2)nn1. The molecule has 4 aromatic rings. The van der Waals surface area contributed by atoms with Crippen LogP contribution in [-0.4, -0.2) is 50.9 Å². The predicted octanol–water partition coefficient (Wildman–Crippen LogP) is 3.99. The average Bonchev–Trinajstić information content (AvgIpc) is 3.62. The number of aromatic nitrogens is 7. The molecule has 3 heterocycles. The third-order valence-electron chi connectivity index (χ3n) is 5.72. The molecule has 2 N–H and O–H groups in total. The number of pyridine rings is 1. The molecule has 0 bridgehead atoms. The highest BCUT2D eigenvalue weighted by molar-refractivity contribution is 14.1. The largest absolute Gasteiger partial charge is 0.451 e. The number of alkyl halides is 6. The lowest BCUT2D eigenvalue weighted by atomic mass is 10.2. The Morgan fingerprint density at radius 2 is 1.40 bits per heavy atom. The monoisotopic (exact) mass is 719 g/mol. The second-order valence-corrected chi connectivity index (χ2v) is 10.3. The zero-order valence-electron chi connectivity index (χ0n) is 22.1. The summed E-state index contributed by atoms with van der Waals surface area (Å²) in [5.74, 6) is -1.11. The molecule has 4 rings (SSSR count). The van der Waals surface area contributed by atoms with Gasteiger partial charge in [-0.05, 0) is 48.2 Å². The number of aryl methyl sites for hydroxylation is 2. The fourth-order valence-electron chi connectivity index (χ4n) is 3.71. The van der Waals surface area contributed by atoms with E-state index in [2.05, 4.69) is 41.0 Å². The Balaban J connectivity index is 1.17. The third-order valence-corrected chi connectivity index (χ3v) is 5.94. The Labute approximate surface area is 254 Å². The normalized spacial score (nSPS) is 11.8. The zero-order valence-corrected chi connectivity index (χ0v) is 24.2. The molecule has 0 atom stereocenters. The van der Waals surface area contributed by atoms with Crippen molar-refractivity contribution in [2.45, 2.75) is 49.3 Å². The molecule has 0 unspecified atom stereocenters. The zero-order chi connectivity index (χ0) is 31.0. The number of hydrogen-bond donors (Lipinski definition) is 2. The number of ether oxygens (including phenoxy) is 1. The highest BCUT2D eigenvalue weighted by Gasteiger charge is 2.32. The summed E-state index contributed by atoms with van der Waals surface area (Å²) < 4.78 is 68.6. The van der Waals surface area contributed by atoms with E-state index < -0.39 is 27.8 Å². The summed E-state index contributed by atoms with van der Waals surface area (Å²) in [6, 6.07) is 8.19. The summed E-state index contributed by atoms with van der Waals surface area (Å²) in [5.41, 5.74) is -0.160. The number of benzene rings is 1. The maximum Gasteiger partial charge on any atom is 0.451 e. The van der Waals surface area contributed by atoms with Crippen LogP contribution in [0.5, 0.6) is 5.75 Å². The van der Waals surface area contributed by atoms with Crippen molar-refractivity contribution in [1.29, 1.82) is 0 Å². The molecule has 2 amide bonds. The second-order valence-electron chi connectivity index (χ2n) is 9.05. The van der Waals surface area contributed by atoms with Crippen molar-refractivity contribution in [3.63, 3.8) is 0 Å². The van der Waals surface area contributed by atoms with Crippen LogP contribution in [0.4, 0.5) is 22.0 Å². The number of carbonyl (C=O) groups excluding carboxylic acids is 2. The van der Waals surface area contributed by atoms with E-state index in [1.807, 2.05) is 0 Å². The van der Waals surface area contributed by atoms with E-state index >= 15 is 0 Å². The smallest absolute Gasteiger partial charge is 0.425 e. The van der Waals surface area contributed by atoms with Gasteiger partial charge in [0.25, 0.3) is 11.8 Å². The summed E-state index contributed by atoms with van der Waals surface area (Å²) in [7, 11) is 0. The molecule has 0 radical (unpaired) electrons. The molecule has 228 valence electrons. The van der Waals surface area contributed by atoms with Crippen LogP contribution in [0.3, 0.4) is 0 Å². The first-order chi connectivity index (χ1) is 20.4. The standard InChI is InChI=1S/C25H23F5IN9O3/c26-24(27,28)21-11-17(6-7-32-21)13-34-23(42)20-15-40(38-36-20)9-2-1-8-39-14-19(35-37-39)22(41)33-12-16-4-3-5-18(10-16)43-25(29,30)31/h3-7,10-11,14-15H,1-2,8-9,12-13H2,(H,33,41)(H,34,42). The van der Waals surface area contributed by atoms with E-state index in [4.69, 9.17) is 0 Å². The minimum Gasteiger partial charge on any atom is -0.425 e. The molecule has 0 spiro atoms. The van der Waals surface area contributed by atoms with Gasteiger partial charge < -0.3 is 15.4 Å². The van der Waals surface area contributed by atoms with E-state index in [1.54, 1.807) is 6.07 Å². The van der Waals surface area contributed by atoms with Crippen LogP contribution in [0.2, 0.25) is 0 Å². The quantitative estimate of drug-likeness (QED) is 0.0916. The van der Waals surface area contributed by atoms with Gasteiger partial charge >= 0.3 is 10.3 Å². The number of halogens is 6.